The summed E-state index contributed by atoms with van der Waals surface area (Å²) in [6.07, 6.45) is 7.47. The molecule has 0 aromatic rings. The first kappa shape index (κ1) is 11.2. The summed E-state index contributed by atoms with van der Waals surface area (Å²) in [7, 11) is 0. The van der Waals surface area contributed by atoms with Crippen LogP contribution in [0.3, 0.4) is 0 Å². The Morgan fingerprint density at radius 2 is 2.00 bits per heavy atom. The molecule has 1 aliphatic rings. The van der Waals surface area contributed by atoms with E-state index >= 15 is 0 Å². The third-order valence-corrected chi connectivity index (χ3v) is 0.614. The number of allylic oxidation sites excluding steroid dienone is 2. The Morgan fingerprint density at radius 1 is 1.25 bits per heavy atom. The highest BCUT2D eigenvalue weighted by molar-refractivity contribution is 5.85. The van der Waals surface area contributed by atoms with E-state index in [-0.39, 0.29) is 35.5 Å². The molecule has 0 aromatic heterocycles. The Hall–Kier alpha value is 0.336. The molecule has 0 amide bonds. The molecule has 1 aliphatic heterocycles. The predicted octanol–water partition coefficient (Wildman–Crippen LogP) is 0.592. The van der Waals surface area contributed by atoms with Gasteiger partial charge in [-0.25, -0.2) is 0 Å². The van der Waals surface area contributed by atoms with E-state index in [1.165, 1.54) is 0 Å². The molecule has 0 saturated carbocycles. The minimum absolute atomic E-state index is 0. The van der Waals surface area contributed by atoms with Gasteiger partial charge in [0.1, 0.15) is 6.61 Å². The van der Waals surface area contributed by atoms with Gasteiger partial charge in [-0.2, -0.15) is 0 Å². The van der Waals surface area contributed by atoms with Crippen molar-refractivity contribution >= 4 is 35.5 Å². The summed E-state index contributed by atoms with van der Waals surface area (Å²) >= 11 is 0. The maximum Gasteiger partial charge on any atom is 0.316 e. The van der Waals surface area contributed by atoms with E-state index in [4.69, 9.17) is 4.74 Å². The molecule has 0 N–H and O–H groups in total. The number of hydrogen-bond acceptors (Lipinski definition) is 1. The molecule has 0 radical (unpaired) electrons. The fourth-order valence-corrected chi connectivity index (χ4v) is 0.346. The molecule has 1 heterocycles. The van der Waals surface area contributed by atoms with E-state index in [0.29, 0.717) is 0 Å². The quantitative estimate of drug-likeness (QED) is 0.453. The lowest BCUT2D eigenvalue weighted by Crippen LogP contribution is -1.82. The summed E-state index contributed by atoms with van der Waals surface area (Å²) in [5.74, 6) is 0. The van der Waals surface area contributed by atoms with Crippen molar-refractivity contribution in [2.45, 2.75) is 0 Å². The van der Waals surface area contributed by atoms with Crippen molar-refractivity contribution in [1.82, 2.24) is 0 Å². The highest BCUT2D eigenvalue weighted by atomic mass is 35.5. The van der Waals surface area contributed by atoms with Crippen LogP contribution in [0.2, 0.25) is 0 Å². The van der Waals surface area contributed by atoms with Crippen molar-refractivity contribution in [2.75, 3.05) is 6.61 Å². The third-order valence-electron chi connectivity index (χ3n) is 0.614. The number of ether oxygens (including phenoxy) is 1. The second-order valence-corrected chi connectivity index (χ2v) is 1.09. The van der Waals surface area contributed by atoms with Crippen molar-refractivity contribution in [3.8, 4) is 0 Å². The second-order valence-electron chi connectivity index (χ2n) is 1.09. The van der Waals surface area contributed by atoms with Crippen molar-refractivity contribution in [1.29, 1.82) is 0 Å². The molecule has 0 spiro atoms. The van der Waals surface area contributed by atoms with Gasteiger partial charge in [-0.3, -0.25) is 0 Å². The minimum Gasteiger partial charge on any atom is -0.497 e. The number of hydrogen-bond donors (Lipinski definition) is 0. The first-order chi connectivity index (χ1) is 3.00. The van der Waals surface area contributed by atoms with Crippen LogP contribution in [-0.2, 0) is 4.74 Å². The molecule has 0 fully saturated rings. The lowest BCUT2D eigenvalue weighted by molar-refractivity contribution is 0.286. The Bertz CT molecular complexity index is 78.4. The third kappa shape index (κ3) is 4.49. The van der Waals surface area contributed by atoms with Gasteiger partial charge in [-0.15, -0.1) is 12.4 Å². The van der Waals surface area contributed by atoms with E-state index in [0.717, 1.165) is 6.61 Å². The molecule has 0 unspecified atom stereocenters. The SMILES string of the molecule is C1=CCOC=C1.Cl.[MgH2]. The normalized spacial score (nSPS) is 13.0. The lowest BCUT2D eigenvalue weighted by Gasteiger charge is -1.94. The summed E-state index contributed by atoms with van der Waals surface area (Å²) in [4.78, 5) is 0. The van der Waals surface area contributed by atoms with Gasteiger partial charge < -0.3 is 4.74 Å². The van der Waals surface area contributed by atoms with Crippen molar-refractivity contribution < 1.29 is 4.74 Å². The van der Waals surface area contributed by atoms with Crippen LogP contribution in [0, 0.1) is 0 Å². The Balaban J connectivity index is 0. The molecule has 1 rings (SSSR count). The van der Waals surface area contributed by atoms with Crippen LogP contribution in [0.15, 0.2) is 24.5 Å². The monoisotopic (exact) mass is 144 g/mol. The van der Waals surface area contributed by atoms with Gasteiger partial charge in [0, 0.05) is 0 Å². The fourth-order valence-electron chi connectivity index (χ4n) is 0.346. The maximum atomic E-state index is 4.80. The van der Waals surface area contributed by atoms with E-state index in [9.17, 15) is 0 Å². The largest absolute Gasteiger partial charge is 0.497 e. The topological polar surface area (TPSA) is 9.23 Å². The Labute approximate surface area is 71.4 Å². The van der Waals surface area contributed by atoms with E-state index in [2.05, 4.69) is 0 Å². The molecule has 1 nitrogen and oxygen atoms in total. The highest BCUT2D eigenvalue weighted by Crippen LogP contribution is 1.87. The average Bonchev–Trinajstić information content (AvgIpc) is 1.72. The van der Waals surface area contributed by atoms with Gasteiger partial charge in [-0.05, 0) is 12.2 Å². The summed E-state index contributed by atoms with van der Waals surface area (Å²) < 4.78 is 4.80. The molecule has 3 heteroatoms. The van der Waals surface area contributed by atoms with E-state index < -0.39 is 0 Å². The zero-order valence-corrected chi connectivity index (χ0v) is 4.65. The van der Waals surface area contributed by atoms with Crippen LogP contribution < -0.4 is 0 Å². The summed E-state index contributed by atoms with van der Waals surface area (Å²) in [6, 6.07) is 0. The van der Waals surface area contributed by atoms with Crippen LogP contribution in [0.1, 0.15) is 0 Å². The average molecular weight is 145 g/mol. The smallest absolute Gasteiger partial charge is 0.316 e. The first-order valence-corrected chi connectivity index (χ1v) is 1.93. The molecular weight excluding hydrogens is 136 g/mol. The summed E-state index contributed by atoms with van der Waals surface area (Å²) in [5.41, 5.74) is 0. The molecule has 8 heavy (non-hydrogen) atoms. The van der Waals surface area contributed by atoms with Crippen LogP contribution >= 0.6 is 12.4 Å². The Kier molecular flexibility index (Phi) is 10.2. The van der Waals surface area contributed by atoms with Gasteiger partial charge in [0.2, 0.25) is 0 Å². The molecule has 0 aliphatic carbocycles. The molecule has 0 bridgehead atoms. The summed E-state index contributed by atoms with van der Waals surface area (Å²) in [6.45, 7) is 0.733. The fraction of sp³-hybridized carbons (Fsp3) is 0.200. The molecule has 0 aromatic carbocycles. The number of halogens is 1. The molecule has 0 saturated heterocycles. The zero-order chi connectivity index (χ0) is 4.24. The van der Waals surface area contributed by atoms with Crippen molar-refractivity contribution in [2.24, 2.45) is 0 Å². The van der Waals surface area contributed by atoms with Gasteiger partial charge in [0.25, 0.3) is 0 Å². The second kappa shape index (κ2) is 7.34. The van der Waals surface area contributed by atoms with Crippen molar-refractivity contribution in [3.63, 3.8) is 0 Å². The standard InChI is InChI=1S/C5H6O.ClH.Mg.2H/c1-2-4-6-5-3-1;;;;/h1-4H,5H2;1H;;;. The van der Waals surface area contributed by atoms with Gasteiger partial charge in [0.05, 0.1) is 6.26 Å². The first-order valence-electron chi connectivity index (χ1n) is 1.93. The van der Waals surface area contributed by atoms with E-state index in [1.807, 2.05) is 18.2 Å². The van der Waals surface area contributed by atoms with Gasteiger partial charge in [-0.1, -0.05) is 6.08 Å². The summed E-state index contributed by atoms with van der Waals surface area (Å²) in [5, 5.41) is 0. The van der Waals surface area contributed by atoms with Crippen LogP contribution in [0.25, 0.3) is 0 Å². The zero-order valence-electron chi connectivity index (χ0n) is 3.83. The van der Waals surface area contributed by atoms with Gasteiger partial charge in [0.15, 0.2) is 0 Å². The predicted molar refractivity (Wildman–Crippen MR) is 40.0 cm³/mol. The van der Waals surface area contributed by atoms with Crippen LogP contribution in [0.5, 0.6) is 0 Å². The van der Waals surface area contributed by atoms with Crippen molar-refractivity contribution in [3.05, 3.63) is 24.5 Å². The maximum absolute atomic E-state index is 4.80. The molecule has 0 atom stereocenters. The van der Waals surface area contributed by atoms with E-state index in [1.54, 1.807) is 6.26 Å². The highest BCUT2D eigenvalue weighted by Gasteiger charge is 1.75. The molecule has 44 valence electrons. The van der Waals surface area contributed by atoms with Crippen LogP contribution in [0.4, 0.5) is 0 Å². The minimum atomic E-state index is 0. The van der Waals surface area contributed by atoms with Crippen LogP contribution in [-0.4, -0.2) is 29.7 Å². The van der Waals surface area contributed by atoms with Gasteiger partial charge >= 0.3 is 23.1 Å². The Morgan fingerprint density at radius 3 is 2.12 bits per heavy atom. The number of rotatable bonds is 0. The lowest BCUT2D eigenvalue weighted by atomic mass is 10.5. The molecular formula is C5H9ClMgO.